The molecule has 0 saturated carbocycles. The van der Waals surface area contributed by atoms with Crippen molar-refractivity contribution < 1.29 is 13.6 Å². The summed E-state index contributed by atoms with van der Waals surface area (Å²) in [7, 11) is -1.54. The molecule has 0 bridgehead atoms. The lowest BCUT2D eigenvalue weighted by atomic mass is 10.2. The molecule has 0 radical (unpaired) electrons. The van der Waals surface area contributed by atoms with Gasteiger partial charge in [-0.15, -0.1) is 0 Å². The van der Waals surface area contributed by atoms with E-state index in [4.69, 9.17) is 4.42 Å². The first-order valence-electron chi connectivity index (χ1n) is 5.10. The monoisotopic (exact) mass is 236 g/mol. The zero-order valence-electron chi connectivity index (χ0n) is 9.50. The van der Waals surface area contributed by atoms with Crippen molar-refractivity contribution in [1.29, 1.82) is 0 Å². The van der Waals surface area contributed by atoms with E-state index in [0.29, 0.717) is 11.9 Å². The number of hydrogen-bond donors (Lipinski definition) is 0. The van der Waals surface area contributed by atoms with Gasteiger partial charge in [-0.3, -0.25) is 4.79 Å². The number of carbonyl (C=O) groups is 1. The van der Waals surface area contributed by atoms with Crippen LogP contribution >= 0.6 is 0 Å². The van der Waals surface area contributed by atoms with E-state index in [1.807, 2.05) is 6.07 Å². The lowest BCUT2D eigenvalue weighted by molar-refractivity contribution is 0.112. The third-order valence-corrected chi connectivity index (χ3v) is 4.23. The molecule has 2 rings (SSSR count). The van der Waals surface area contributed by atoms with Gasteiger partial charge in [-0.1, -0.05) is 19.6 Å². The smallest absolute Gasteiger partial charge is 0.153 e. The summed E-state index contributed by atoms with van der Waals surface area (Å²) in [5, 5.41) is 1.71. The summed E-state index contributed by atoms with van der Waals surface area (Å²) in [5.41, 5.74) is 0.593. The molecule has 0 saturated heterocycles. The van der Waals surface area contributed by atoms with Crippen LogP contribution in [0.1, 0.15) is 10.4 Å². The maximum absolute atomic E-state index is 13.3. The number of rotatable bonds is 2. The van der Waals surface area contributed by atoms with E-state index in [0.717, 1.165) is 10.8 Å². The van der Waals surface area contributed by atoms with Crippen LogP contribution in [0.2, 0.25) is 19.6 Å². The van der Waals surface area contributed by atoms with Gasteiger partial charge in [0, 0.05) is 11.5 Å². The average molecular weight is 236 g/mol. The fourth-order valence-electron chi connectivity index (χ4n) is 1.54. The first-order chi connectivity index (χ1) is 7.41. The third-order valence-electron chi connectivity index (χ3n) is 2.50. The number of aldehydes is 1. The second kappa shape index (κ2) is 3.56. The minimum absolute atomic E-state index is 0.0791. The molecular formula is C12H13FO2Si. The van der Waals surface area contributed by atoms with Crippen molar-refractivity contribution in [2.24, 2.45) is 0 Å². The minimum Gasteiger partial charge on any atom is -0.466 e. The molecule has 0 amide bonds. The summed E-state index contributed by atoms with van der Waals surface area (Å²) in [6, 6.07) is 4.72. The van der Waals surface area contributed by atoms with Gasteiger partial charge < -0.3 is 4.42 Å². The molecular weight excluding hydrogens is 223 g/mol. The predicted octanol–water partition coefficient (Wildman–Crippen LogP) is 2.93. The normalized spacial score (nSPS) is 12.0. The van der Waals surface area contributed by atoms with Gasteiger partial charge in [-0.25, -0.2) is 4.39 Å². The number of furan rings is 1. The van der Waals surface area contributed by atoms with Gasteiger partial charge in [0.25, 0.3) is 0 Å². The molecule has 1 aromatic carbocycles. The molecule has 84 valence electrons. The standard InChI is InChI=1S/C12H13FO2Si/c1-16(2,3)12-5-8-4-9(7-14)10(13)6-11(8)15-12/h4-7H,1-3H3. The Kier molecular flexibility index (Phi) is 2.46. The van der Waals surface area contributed by atoms with Gasteiger partial charge in [0.2, 0.25) is 0 Å². The predicted molar refractivity (Wildman–Crippen MR) is 64.5 cm³/mol. The molecule has 0 aliphatic heterocycles. The fraction of sp³-hybridized carbons (Fsp3) is 0.250. The molecule has 0 atom stereocenters. The van der Waals surface area contributed by atoms with Gasteiger partial charge in [0.1, 0.15) is 19.5 Å². The summed E-state index contributed by atoms with van der Waals surface area (Å²) >= 11 is 0. The van der Waals surface area contributed by atoms with Crippen molar-refractivity contribution in [1.82, 2.24) is 0 Å². The third kappa shape index (κ3) is 1.80. The Morgan fingerprint density at radius 1 is 1.25 bits per heavy atom. The van der Waals surface area contributed by atoms with E-state index < -0.39 is 13.9 Å². The Hall–Kier alpha value is -1.42. The van der Waals surface area contributed by atoms with E-state index >= 15 is 0 Å². The Morgan fingerprint density at radius 2 is 1.94 bits per heavy atom. The Morgan fingerprint density at radius 3 is 2.50 bits per heavy atom. The molecule has 4 heteroatoms. The van der Waals surface area contributed by atoms with E-state index in [-0.39, 0.29) is 5.56 Å². The van der Waals surface area contributed by atoms with E-state index in [1.165, 1.54) is 12.1 Å². The lowest BCUT2D eigenvalue weighted by Gasteiger charge is -2.10. The highest BCUT2D eigenvalue weighted by Gasteiger charge is 2.22. The SMILES string of the molecule is C[Si](C)(C)c1cc2cc(C=O)c(F)cc2o1. The second-order valence-corrected chi connectivity index (χ2v) is 9.88. The molecule has 1 aromatic heterocycles. The molecule has 1 heterocycles. The summed E-state index contributed by atoms with van der Waals surface area (Å²) in [5.74, 6) is -0.529. The summed E-state index contributed by atoms with van der Waals surface area (Å²) in [6.45, 7) is 6.46. The largest absolute Gasteiger partial charge is 0.466 e. The fourth-order valence-corrected chi connectivity index (χ4v) is 2.54. The van der Waals surface area contributed by atoms with Crippen molar-refractivity contribution in [3.05, 3.63) is 29.6 Å². The van der Waals surface area contributed by atoms with Crippen LogP contribution in [0.3, 0.4) is 0 Å². The maximum atomic E-state index is 13.3. The zero-order valence-corrected chi connectivity index (χ0v) is 10.5. The van der Waals surface area contributed by atoms with Crippen LogP contribution in [0.15, 0.2) is 22.6 Å². The van der Waals surface area contributed by atoms with Gasteiger partial charge in [-0.2, -0.15) is 0 Å². The molecule has 0 aliphatic rings. The molecule has 16 heavy (non-hydrogen) atoms. The van der Waals surface area contributed by atoms with E-state index in [1.54, 1.807) is 0 Å². The summed E-state index contributed by atoms with van der Waals surface area (Å²) < 4.78 is 19.0. The van der Waals surface area contributed by atoms with Gasteiger partial charge in [0.15, 0.2) is 6.29 Å². The van der Waals surface area contributed by atoms with Gasteiger partial charge in [0.05, 0.1) is 10.9 Å². The Balaban J connectivity index is 2.67. The van der Waals surface area contributed by atoms with Crippen LogP contribution < -0.4 is 5.38 Å². The van der Waals surface area contributed by atoms with Crippen molar-refractivity contribution in [2.75, 3.05) is 0 Å². The van der Waals surface area contributed by atoms with E-state index in [9.17, 15) is 9.18 Å². The molecule has 0 N–H and O–H groups in total. The highest BCUT2D eigenvalue weighted by atomic mass is 28.3. The first-order valence-corrected chi connectivity index (χ1v) is 8.60. The maximum Gasteiger partial charge on any atom is 0.153 e. The van der Waals surface area contributed by atoms with Gasteiger partial charge >= 0.3 is 0 Å². The number of halogens is 1. The topological polar surface area (TPSA) is 30.2 Å². The van der Waals surface area contributed by atoms with Crippen LogP contribution in [0.5, 0.6) is 0 Å². The van der Waals surface area contributed by atoms with Gasteiger partial charge in [-0.05, 0) is 12.1 Å². The van der Waals surface area contributed by atoms with Crippen molar-refractivity contribution in [3.8, 4) is 0 Å². The second-order valence-electron chi connectivity index (χ2n) is 4.89. The number of fused-ring (bicyclic) bond motifs is 1. The molecule has 2 aromatic rings. The zero-order chi connectivity index (χ0) is 11.9. The van der Waals surface area contributed by atoms with Crippen LogP contribution in [0.25, 0.3) is 11.0 Å². The van der Waals surface area contributed by atoms with Crippen molar-refractivity contribution >= 4 is 30.7 Å². The molecule has 2 nitrogen and oxygen atoms in total. The number of hydrogen-bond acceptors (Lipinski definition) is 2. The van der Waals surface area contributed by atoms with Crippen molar-refractivity contribution in [2.45, 2.75) is 19.6 Å². The van der Waals surface area contributed by atoms with Crippen LogP contribution in [0, 0.1) is 5.82 Å². The minimum atomic E-state index is -1.54. The first kappa shape index (κ1) is 11.1. The molecule has 0 unspecified atom stereocenters. The van der Waals surface area contributed by atoms with E-state index in [2.05, 4.69) is 19.6 Å². The number of benzene rings is 1. The lowest BCUT2D eigenvalue weighted by Crippen LogP contribution is -2.36. The van der Waals surface area contributed by atoms with Crippen LogP contribution in [0.4, 0.5) is 4.39 Å². The molecule has 0 aliphatic carbocycles. The van der Waals surface area contributed by atoms with Crippen LogP contribution in [-0.4, -0.2) is 14.4 Å². The average Bonchev–Trinajstić information content (AvgIpc) is 2.58. The van der Waals surface area contributed by atoms with Crippen molar-refractivity contribution in [3.63, 3.8) is 0 Å². The summed E-state index contributed by atoms with van der Waals surface area (Å²) in [4.78, 5) is 10.6. The quantitative estimate of drug-likeness (QED) is 0.593. The van der Waals surface area contributed by atoms with Crippen LogP contribution in [-0.2, 0) is 0 Å². The molecule has 0 spiro atoms. The molecule has 0 fully saturated rings. The highest BCUT2D eigenvalue weighted by Crippen LogP contribution is 2.20. The highest BCUT2D eigenvalue weighted by molar-refractivity contribution is 6.87. The number of carbonyl (C=O) groups excluding carboxylic acids is 1. The Labute approximate surface area is 94.1 Å². The Bertz CT molecular complexity index is 552. The summed E-state index contributed by atoms with van der Waals surface area (Å²) in [6.07, 6.45) is 0.524.